The van der Waals surface area contributed by atoms with Crippen molar-refractivity contribution in [2.45, 2.75) is 6.18 Å². The zero-order valence-electron chi connectivity index (χ0n) is 16.1. The normalized spacial score (nSPS) is 15.2. The lowest BCUT2D eigenvalue weighted by Crippen LogP contribution is -2.48. The van der Waals surface area contributed by atoms with Crippen molar-refractivity contribution in [1.29, 1.82) is 0 Å². The molecule has 156 valence electrons. The first-order valence-electron chi connectivity index (χ1n) is 9.62. The van der Waals surface area contributed by atoms with E-state index in [2.05, 4.69) is 32.6 Å². The molecule has 5 nitrogen and oxygen atoms in total. The molecular weight excluding hydrogens is 381 g/mol. The topological polar surface area (TPSA) is 47.6 Å². The van der Waals surface area contributed by atoms with Crippen molar-refractivity contribution in [1.82, 2.24) is 10.2 Å². The quantitative estimate of drug-likeness (QED) is 0.742. The molecule has 1 aliphatic heterocycles. The lowest BCUT2D eigenvalue weighted by molar-refractivity contribution is -0.137. The number of hydrogen-bond acceptors (Lipinski definition) is 4. The number of rotatable bonds is 7. The molecule has 1 saturated heterocycles. The van der Waals surface area contributed by atoms with Gasteiger partial charge in [0.05, 0.1) is 12.1 Å². The molecule has 1 aliphatic rings. The largest absolute Gasteiger partial charge is 0.416 e. The Kier molecular flexibility index (Phi) is 6.98. The third-order valence-corrected chi connectivity index (χ3v) is 4.89. The van der Waals surface area contributed by atoms with Crippen molar-refractivity contribution in [2.24, 2.45) is 0 Å². The van der Waals surface area contributed by atoms with E-state index >= 15 is 0 Å². The predicted molar refractivity (Wildman–Crippen MR) is 108 cm³/mol. The summed E-state index contributed by atoms with van der Waals surface area (Å²) in [5.41, 5.74) is 0.755. The van der Waals surface area contributed by atoms with Crippen molar-refractivity contribution >= 4 is 17.3 Å². The second-order valence-electron chi connectivity index (χ2n) is 6.95. The molecule has 2 aromatic rings. The number of para-hydroxylation sites is 1. The Bertz CT molecular complexity index is 790. The van der Waals surface area contributed by atoms with Crippen LogP contribution in [0.4, 0.5) is 24.5 Å². The highest BCUT2D eigenvalue weighted by molar-refractivity contribution is 5.80. The van der Waals surface area contributed by atoms with Gasteiger partial charge in [-0.25, -0.2) is 0 Å². The van der Waals surface area contributed by atoms with Crippen LogP contribution in [0.5, 0.6) is 0 Å². The minimum absolute atomic E-state index is 0.0664. The van der Waals surface area contributed by atoms with Gasteiger partial charge < -0.3 is 15.5 Å². The summed E-state index contributed by atoms with van der Waals surface area (Å²) in [4.78, 5) is 16.6. The van der Waals surface area contributed by atoms with Crippen LogP contribution in [0.2, 0.25) is 0 Å². The fourth-order valence-electron chi connectivity index (χ4n) is 3.27. The van der Waals surface area contributed by atoms with Gasteiger partial charge in [-0.15, -0.1) is 0 Å². The number of nitrogens with zero attached hydrogens (tertiary/aromatic N) is 2. The lowest BCUT2D eigenvalue weighted by atomic mass is 10.2. The van der Waals surface area contributed by atoms with E-state index < -0.39 is 11.7 Å². The number of piperazine rings is 1. The molecule has 1 fully saturated rings. The minimum Gasteiger partial charge on any atom is -0.376 e. The standard InChI is InChI=1S/C21H25F3N4O/c22-21(23,24)17-5-4-6-18(15-17)26-16-20(29)25-9-10-27-11-13-28(14-12-27)19-7-2-1-3-8-19/h1-8,15,26H,9-14,16H2,(H,25,29). The van der Waals surface area contributed by atoms with Crippen LogP contribution in [0.25, 0.3) is 0 Å². The zero-order valence-corrected chi connectivity index (χ0v) is 16.1. The molecule has 0 aliphatic carbocycles. The Hall–Kier alpha value is -2.74. The number of nitrogens with one attached hydrogen (secondary N) is 2. The van der Waals surface area contributed by atoms with E-state index in [0.717, 1.165) is 44.9 Å². The van der Waals surface area contributed by atoms with Crippen molar-refractivity contribution < 1.29 is 18.0 Å². The van der Waals surface area contributed by atoms with Gasteiger partial charge in [-0.05, 0) is 30.3 Å². The molecule has 2 aromatic carbocycles. The van der Waals surface area contributed by atoms with Crippen LogP contribution in [0.15, 0.2) is 54.6 Å². The van der Waals surface area contributed by atoms with Gasteiger partial charge >= 0.3 is 6.18 Å². The Morgan fingerprint density at radius 1 is 0.966 bits per heavy atom. The number of carbonyl (C=O) groups excluding carboxylic acids is 1. The van der Waals surface area contributed by atoms with E-state index in [1.807, 2.05) is 18.2 Å². The molecule has 8 heteroatoms. The summed E-state index contributed by atoms with van der Waals surface area (Å²) >= 11 is 0. The number of alkyl halides is 3. The molecule has 2 N–H and O–H groups in total. The average molecular weight is 406 g/mol. The average Bonchev–Trinajstić information content (AvgIpc) is 2.73. The van der Waals surface area contributed by atoms with Gasteiger partial charge in [0.1, 0.15) is 0 Å². The van der Waals surface area contributed by atoms with E-state index in [4.69, 9.17) is 0 Å². The molecule has 1 amide bonds. The van der Waals surface area contributed by atoms with Gasteiger partial charge in [-0.2, -0.15) is 13.2 Å². The molecule has 0 spiro atoms. The third-order valence-electron chi connectivity index (χ3n) is 4.89. The first-order valence-corrected chi connectivity index (χ1v) is 9.62. The van der Waals surface area contributed by atoms with E-state index in [1.54, 1.807) is 0 Å². The first-order chi connectivity index (χ1) is 13.9. The van der Waals surface area contributed by atoms with Gasteiger partial charge in [-0.3, -0.25) is 9.69 Å². The van der Waals surface area contributed by atoms with Gasteiger partial charge in [0.25, 0.3) is 0 Å². The second-order valence-corrected chi connectivity index (χ2v) is 6.95. The number of hydrogen-bond donors (Lipinski definition) is 2. The Balaban J connectivity index is 1.34. The van der Waals surface area contributed by atoms with Crippen LogP contribution in [-0.2, 0) is 11.0 Å². The minimum atomic E-state index is -4.40. The van der Waals surface area contributed by atoms with Crippen LogP contribution in [0, 0.1) is 0 Å². The molecular formula is C21H25F3N4O. The SMILES string of the molecule is O=C(CNc1cccc(C(F)(F)F)c1)NCCN1CCN(c2ccccc2)CC1. The van der Waals surface area contributed by atoms with Gasteiger partial charge in [0.2, 0.25) is 5.91 Å². The van der Waals surface area contributed by atoms with Crippen molar-refractivity contribution in [3.8, 4) is 0 Å². The van der Waals surface area contributed by atoms with E-state index in [1.165, 1.54) is 17.8 Å². The molecule has 0 saturated carbocycles. The van der Waals surface area contributed by atoms with Crippen LogP contribution >= 0.6 is 0 Å². The van der Waals surface area contributed by atoms with Crippen molar-refractivity contribution in [3.63, 3.8) is 0 Å². The number of anilines is 2. The monoisotopic (exact) mass is 406 g/mol. The fraction of sp³-hybridized carbons (Fsp3) is 0.381. The Labute approximate surface area is 168 Å². The smallest absolute Gasteiger partial charge is 0.376 e. The molecule has 0 atom stereocenters. The maximum Gasteiger partial charge on any atom is 0.416 e. The number of amides is 1. The Morgan fingerprint density at radius 2 is 1.69 bits per heavy atom. The number of carbonyl (C=O) groups is 1. The summed E-state index contributed by atoms with van der Waals surface area (Å²) in [6, 6.07) is 15.1. The zero-order chi connectivity index (χ0) is 20.7. The lowest BCUT2D eigenvalue weighted by Gasteiger charge is -2.36. The highest BCUT2D eigenvalue weighted by Crippen LogP contribution is 2.30. The molecule has 1 heterocycles. The Morgan fingerprint density at radius 3 is 2.38 bits per heavy atom. The van der Waals surface area contributed by atoms with Crippen LogP contribution < -0.4 is 15.5 Å². The molecule has 0 radical (unpaired) electrons. The van der Waals surface area contributed by atoms with Gasteiger partial charge in [0.15, 0.2) is 0 Å². The van der Waals surface area contributed by atoms with Crippen LogP contribution in [0.3, 0.4) is 0 Å². The molecule has 0 bridgehead atoms. The highest BCUT2D eigenvalue weighted by atomic mass is 19.4. The second kappa shape index (κ2) is 9.65. The fourth-order valence-corrected chi connectivity index (χ4v) is 3.27. The third kappa shape index (κ3) is 6.39. The summed E-state index contributed by atoms with van der Waals surface area (Å²) in [5.74, 6) is -0.245. The summed E-state index contributed by atoms with van der Waals surface area (Å²) in [5, 5.41) is 5.55. The van der Waals surface area contributed by atoms with E-state index in [-0.39, 0.29) is 18.1 Å². The summed E-state index contributed by atoms with van der Waals surface area (Å²) in [6.07, 6.45) is -4.40. The highest BCUT2D eigenvalue weighted by Gasteiger charge is 2.30. The van der Waals surface area contributed by atoms with E-state index in [0.29, 0.717) is 6.54 Å². The van der Waals surface area contributed by atoms with Gasteiger partial charge in [0, 0.05) is 50.6 Å². The first kappa shape index (κ1) is 21.0. The maximum atomic E-state index is 12.7. The summed E-state index contributed by atoms with van der Waals surface area (Å²) < 4.78 is 38.1. The predicted octanol–water partition coefficient (Wildman–Crippen LogP) is 3.06. The van der Waals surface area contributed by atoms with E-state index in [9.17, 15) is 18.0 Å². The molecule has 3 rings (SSSR count). The van der Waals surface area contributed by atoms with Crippen LogP contribution in [0.1, 0.15) is 5.56 Å². The molecule has 29 heavy (non-hydrogen) atoms. The molecule has 0 aromatic heterocycles. The molecule has 0 unspecified atom stereocenters. The van der Waals surface area contributed by atoms with Crippen molar-refractivity contribution in [3.05, 3.63) is 60.2 Å². The summed E-state index contributed by atoms with van der Waals surface area (Å²) in [7, 11) is 0. The number of halogens is 3. The summed E-state index contributed by atoms with van der Waals surface area (Å²) in [6.45, 7) is 4.92. The van der Waals surface area contributed by atoms with Crippen molar-refractivity contribution in [2.75, 3.05) is 56.0 Å². The van der Waals surface area contributed by atoms with Gasteiger partial charge in [-0.1, -0.05) is 24.3 Å². The van der Waals surface area contributed by atoms with Crippen LogP contribution in [-0.4, -0.2) is 56.6 Å². The maximum absolute atomic E-state index is 12.7. The number of benzene rings is 2.